The number of anilines is 2. The van der Waals surface area contributed by atoms with Gasteiger partial charge in [-0.1, -0.05) is 51.1 Å². The number of rotatable bonds is 6. The van der Waals surface area contributed by atoms with Crippen LogP contribution >= 0.6 is 11.6 Å². The highest BCUT2D eigenvalue weighted by molar-refractivity contribution is 6.33. The van der Waals surface area contributed by atoms with Gasteiger partial charge in [0.15, 0.2) is 5.82 Å². The first kappa shape index (κ1) is 29.8. The van der Waals surface area contributed by atoms with Gasteiger partial charge >= 0.3 is 0 Å². The van der Waals surface area contributed by atoms with Gasteiger partial charge in [0.25, 0.3) is 0 Å². The second kappa shape index (κ2) is 12.1. The Kier molecular flexibility index (Phi) is 8.82. The molecule has 0 radical (unpaired) electrons. The van der Waals surface area contributed by atoms with Crippen LogP contribution in [-0.2, 0) is 15.0 Å². The van der Waals surface area contributed by atoms with E-state index in [2.05, 4.69) is 21.5 Å². The van der Waals surface area contributed by atoms with Crippen molar-refractivity contribution in [3.63, 3.8) is 0 Å². The van der Waals surface area contributed by atoms with Crippen LogP contribution in [-0.4, -0.2) is 75.6 Å². The predicted octanol–water partition coefficient (Wildman–Crippen LogP) is 5.02. The number of nitrogens with zero attached hydrogens (tertiary/aromatic N) is 7. The van der Waals surface area contributed by atoms with E-state index in [4.69, 9.17) is 16.6 Å². The molecule has 1 fully saturated rings. The normalized spacial score (nSPS) is 16.0. The second-order valence-electron chi connectivity index (χ2n) is 10.7. The maximum absolute atomic E-state index is 14.9. The first-order valence-electron chi connectivity index (χ1n) is 13.2. The Morgan fingerprint density at radius 1 is 1.27 bits per heavy atom. The highest BCUT2D eigenvalue weighted by Crippen LogP contribution is 2.38. The molecule has 214 valence electrons. The van der Waals surface area contributed by atoms with Crippen molar-refractivity contribution in [1.29, 1.82) is 0 Å². The molecule has 1 aliphatic heterocycles. The Morgan fingerprint density at radius 3 is 2.61 bits per heavy atom. The molecule has 3 heterocycles. The van der Waals surface area contributed by atoms with Gasteiger partial charge in [0.05, 0.1) is 33.9 Å². The lowest BCUT2D eigenvalue weighted by molar-refractivity contribution is -0.128. The van der Waals surface area contributed by atoms with E-state index in [1.54, 1.807) is 42.4 Å². The third-order valence-electron chi connectivity index (χ3n) is 6.92. The first-order valence-corrected chi connectivity index (χ1v) is 13.5. The smallest absolute Gasteiger partial charge is 0.246 e. The van der Waals surface area contributed by atoms with E-state index in [-0.39, 0.29) is 34.0 Å². The zero-order valence-electron chi connectivity index (χ0n) is 23.8. The number of amidine groups is 1. The van der Waals surface area contributed by atoms with Crippen molar-refractivity contribution in [3.05, 3.63) is 77.6 Å². The number of benzene rings is 1. The standard InChI is InChI=1S/C30H33ClFN7O2/c1-7-25(41)37-12-13-38(19(2)16-37)28(33-6)21-14-22(31)26(20-10-8-9-11-23(20)32)36-29(21)39(18-40)24-15-34-17-35-27(24)30(3,4)5/h7-11,14-15,17-19H,1,12-13,16H2,2-6H3/b33-28+. The predicted molar refractivity (Wildman–Crippen MR) is 159 cm³/mol. The zero-order chi connectivity index (χ0) is 29.9. The number of hydrogen-bond acceptors (Lipinski definition) is 6. The first-order chi connectivity index (χ1) is 19.5. The summed E-state index contributed by atoms with van der Waals surface area (Å²) in [4.78, 5) is 48.3. The van der Waals surface area contributed by atoms with Crippen LogP contribution in [0.1, 0.15) is 39.0 Å². The van der Waals surface area contributed by atoms with Gasteiger partial charge in [-0.15, -0.1) is 0 Å². The van der Waals surface area contributed by atoms with E-state index in [0.717, 1.165) is 0 Å². The highest BCUT2D eigenvalue weighted by Gasteiger charge is 2.33. The summed E-state index contributed by atoms with van der Waals surface area (Å²) >= 11 is 6.77. The fourth-order valence-electron chi connectivity index (χ4n) is 4.97. The summed E-state index contributed by atoms with van der Waals surface area (Å²) in [6.45, 7) is 12.9. The topological polar surface area (TPSA) is 94.9 Å². The third-order valence-corrected chi connectivity index (χ3v) is 7.21. The molecule has 1 aromatic carbocycles. The van der Waals surface area contributed by atoms with Gasteiger partial charge in [-0.3, -0.25) is 19.5 Å². The molecule has 11 heteroatoms. The molecule has 2 amide bonds. The maximum Gasteiger partial charge on any atom is 0.246 e. The molecule has 2 aromatic heterocycles. The summed E-state index contributed by atoms with van der Waals surface area (Å²) in [5.41, 5.74) is 1.43. The lowest BCUT2D eigenvalue weighted by Gasteiger charge is -2.41. The van der Waals surface area contributed by atoms with E-state index >= 15 is 0 Å². The number of piperazine rings is 1. The summed E-state index contributed by atoms with van der Waals surface area (Å²) in [7, 11) is 1.64. The zero-order valence-corrected chi connectivity index (χ0v) is 24.6. The monoisotopic (exact) mass is 577 g/mol. The van der Waals surface area contributed by atoms with Gasteiger partial charge in [-0.2, -0.15) is 0 Å². The lowest BCUT2D eigenvalue weighted by Crippen LogP contribution is -2.55. The Balaban J connectivity index is 1.94. The van der Waals surface area contributed by atoms with Crippen LogP contribution in [0.25, 0.3) is 11.3 Å². The average Bonchev–Trinajstić information content (AvgIpc) is 2.95. The van der Waals surface area contributed by atoms with Crippen molar-refractivity contribution in [2.75, 3.05) is 31.6 Å². The Morgan fingerprint density at radius 2 is 2.00 bits per heavy atom. The number of aromatic nitrogens is 3. The van der Waals surface area contributed by atoms with Crippen LogP contribution in [0.3, 0.4) is 0 Å². The van der Waals surface area contributed by atoms with Gasteiger partial charge in [0.2, 0.25) is 12.3 Å². The molecule has 3 aromatic rings. The Labute approximate surface area is 244 Å². The fraction of sp³-hybridized carbons (Fsp3) is 0.333. The molecule has 0 N–H and O–H groups in total. The molecule has 4 rings (SSSR count). The summed E-state index contributed by atoms with van der Waals surface area (Å²) in [6.07, 6.45) is 4.92. The van der Waals surface area contributed by atoms with Crippen molar-refractivity contribution < 1.29 is 14.0 Å². The number of halogens is 2. The van der Waals surface area contributed by atoms with Crippen molar-refractivity contribution in [3.8, 4) is 11.3 Å². The minimum atomic E-state index is -0.502. The molecule has 41 heavy (non-hydrogen) atoms. The number of carbonyl (C=O) groups is 2. The molecule has 1 unspecified atom stereocenters. The maximum atomic E-state index is 14.9. The molecular formula is C30H33ClFN7O2. The summed E-state index contributed by atoms with van der Waals surface area (Å²) < 4.78 is 14.9. The quantitative estimate of drug-likeness (QED) is 0.177. The van der Waals surface area contributed by atoms with E-state index in [9.17, 15) is 14.0 Å². The number of carbonyl (C=O) groups excluding carboxylic acids is 2. The molecule has 0 spiro atoms. The van der Waals surface area contributed by atoms with Gasteiger partial charge in [-0.05, 0) is 31.2 Å². The Hall–Kier alpha value is -4.18. The van der Waals surface area contributed by atoms with E-state index in [1.807, 2.05) is 32.6 Å². The van der Waals surface area contributed by atoms with Gasteiger partial charge < -0.3 is 9.80 Å². The average molecular weight is 578 g/mol. The largest absolute Gasteiger partial charge is 0.350 e. The SMILES string of the molecule is C=CC(=O)N1CCN(/C(=N/C)c2cc(Cl)c(-c3ccccc3F)nc2N(C=O)c2cncnc2C(C)(C)C)C(C)C1. The summed E-state index contributed by atoms with van der Waals surface area (Å²) in [5, 5.41) is 0.189. The second-order valence-corrected chi connectivity index (χ2v) is 11.1. The Bertz CT molecular complexity index is 1500. The minimum Gasteiger partial charge on any atom is -0.350 e. The summed E-state index contributed by atoms with van der Waals surface area (Å²) in [5.74, 6) is 0.0729. The number of amides is 2. The lowest BCUT2D eigenvalue weighted by atomic mass is 9.90. The van der Waals surface area contributed by atoms with Crippen molar-refractivity contribution in [2.24, 2.45) is 4.99 Å². The van der Waals surface area contributed by atoms with Gasteiger partial charge in [0.1, 0.15) is 18.0 Å². The number of hydrogen-bond donors (Lipinski definition) is 0. The minimum absolute atomic E-state index is 0.126. The summed E-state index contributed by atoms with van der Waals surface area (Å²) in [6, 6.07) is 7.70. The van der Waals surface area contributed by atoms with Crippen LogP contribution in [0.15, 0.2) is 60.5 Å². The van der Waals surface area contributed by atoms with Crippen LogP contribution in [0.2, 0.25) is 5.02 Å². The van der Waals surface area contributed by atoms with Crippen LogP contribution in [0.4, 0.5) is 15.9 Å². The molecule has 9 nitrogen and oxygen atoms in total. The van der Waals surface area contributed by atoms with Crippen molar-refractivity contribution in [1.82, 2.24) is 24.8 Å². The molecule has 1 saturated heterocycles. The molecule has 1 aliphatic rings. The van der Waals surface area contributed by atoms with Crippen LogP contribution in [0.5, 0.6) is 0 Å². The third kappa shape index (κ3) is 5.97. The van der Waals surface area contributed by atoms with Gasteiger partial charge in [-0.25, -0.2) is 19.3 Å². The molecule has 0 saturated carbocycles. The molecule has 1 atom stereocenters. The van der Waals surface area contributed by atoms with E-state index < -0.39 is 11.2 Å². The van der Waals surface area contributed by atoms with Crippen molar-refractivity contribution >= 4 is 41.3 Å². The van der Waals surface area contributed by atoms with Crippen molar-refractivity contribution in [2.45, 2.75) is 39.2 Å². The van der Waals surface area contributed by atoms with E-state index in [1.165, 1.54) is 23.4 Å². The molecule has 0 bridgehead atoms. The fourth-order valence-corrected chi connectivity index (χ4v) is 5.23. The van der Waals surface area contributed by atoms with Gasteiger partial charge in [0, 0.05) is 43.7 Å². The van der Waals surface area contributed by atoms with Crippen LogP contribution in [0, 0.1) is 5.82 Å². The molecule has 0 aliphatic carbocycles. The van der Waals surface area contributed by atoms with E-state index in [0.29, 0.717) is 48.8 Å². The highest BCUT2D eigenvalue weighted by atomic mass is 35.5. The number of pyridine rings is 1. The van der Waals surface area contributed by atoms with Crippen LogP contribution < -0.4 is 4.90 Å². The molecular weight excluding hydrogens is 545 g/mol. The number of aliphatic imine (C=N–C) groups is 1.